The fourth-order valence-corrected chi connectivity index (χ4v) is 2.31. The summed E-state index contributed by atoms with van der Waals surface area (Å²) in [6.45, 7) is 0. The van der Waals surface area contributed by atoms with E-state index in [1.165, 1.54) is 0 Å². The van der Waals surface area contributed by atoms with Gasteiger partial charge >= 0.3 is 5.97 Å². The van der Waals surface area contributed by atoms with Crippen molar-refractivity contribution < 1.29 is 9.90 Å². The van der Waals surface area contributed by atoms with Crippen molar-refractivity contribution in [3.8, 4) is 0 Å². The van der Waals surface area contributed by atoms with Crippen LogP contribution in [0.4, 0.5) is 0 Å². The molecule has 2 nitrogen and oxygen atoms in total. The van der Waals surface area contributed by atoms with E-state index in [0.29, 0.717) is 0 Å². The number of rotatable bonds is 2. The van der Waals surface area contributed by atoms with Crippen LogP contribution < -0.4 is 0 Å². The van der Waals surface area contributed by atoms with E-state index in [1.54, 1.807) is 0 Å². The van der Waals surface area contributed by atoms with Crippen LogP contribution in [0.15, 0.2) is 5.03 Å². The van der Waals surface area contributed by atoms with Crippen molar-refractivity contribution in [2.45, 2.75) is 0 Å². The van der Waals surface area contributed by atoms with Crippen molar-refractivity contribution in [3.63, 3.8) is 0 Å². The molecule has 0 fully saturated rings. The second kappa shape index (κ2) is 5.87. The Balaban J connectivity index is 3.56. The molecule has 17 heavy (non-hydrogen) atoms. The molecule has 1 rings (SSSR count). The van der Waals surface area contributed by atoms with Crippen LogP contribution in [0.1, 0.15) is 5.56 Å². The van der Waals surface area contributed by atoms with Gasteiger partial charge in [0.1, 0.15) is 5.03 Å². The number of benzene rings is 1. The van der Waals surface area contributed by atoms with E-state index in [-0.39, 0.29) is 30.7 Å². The van der Waals surface area contributed by atoms with E-state index < -0.39 is 11.0 Å². The summed E-state index contributed by atoms with van der Waals surface area (Å²) in [5.41, 5.74) is 0.0973. The molecule has 1 aromatic rings. The Labute approximate surface area is 127 Å². The summed E-state index contributed by atoms with van der Waals surface area (Å²) in [4.78, 5) is 10.6. The number of halogens is 6. The highest BCUT2D eigenvalue weighted by atomic mass is 35.5. The molecule has 92 valence electrons. The van der Waals surface area contributed by atoms with E-state index in [0.717, 1.165) is 6.08 Å². The zero-order chi connectivity index (χ0) is 13.3. The van der Waals surface area contributed by atoms with Gasteiger partial charge in [-0.1, -0.05) is 69.6 Å². The highest BCUT2D eigenvalue weighted by molar-refractivity contribution is 6.56. The molecule has 8 heteroatoms. The number of hydrogen-bond acceptors (Lipinski definition) is 1. The Hall–Kier alpha value is 0.170. The lowest BCUT2D eigenvalue weighted by atomic mass is 10.2. The minimum absolute atomic E-state index is 0.00747. The van der Waals surface area contributed by atoms with Crippen LogP contribution in [0, 0.1) is 0 Å². The molecule has 0 amide bonds. The molecule has 0 saturated heterocycles. The molecular formula is C9H2Cl6O2. The normalized spacial score (nSPS) is 11.8. The van der Waals surface area contributed by atoms with Crippen LogP contribution in [0.3, 0.4) is 0 Å². The van der Waals surface area contributed by atoms with E-state index in [2.05, 4.69) is 0 Å². The Bertz CT molecular complexity index is 494. The first-order chi connectivity index (χ1) is 7.77. The van der Waals surface area contributed by atoms with E-state index in [1.807, 2.05) is 0 Å². The number of carboxylic acids is 1. The summed E-state index contributed by atoms with van der Waals surface area (Å²) in [6.07, 6.45) is 1.04. The average molecular weight is 355 g/mol. The van der Waals surface area contributed by atoms with Crippen molar-refractivity contribution in [3.05, 3.63) is 35.7 Å². The number of hydrogen-bond donors (Lipinski definition) is 1. The molecular weight excluding hydrogens is 353 g/mol. The average Bonchev–Trinajstić information content (AvgIpc) is 2.29. The van der Waals surface area contributed by atoms with Crippen LogP contribution >= 0.6 is 69.6 Å². The molecule has 0 bridgehead atoms. The van der Waals surface area contributed by atoms with Gasteiger partial charge in [0, 0.05) is 5.56 Å². The zero-order valence-electron chi connectivity index (χ0n) is 7.70. The fraction of sp³-hybridized carbons (Fsp3) is 0. The third kappa shape index (κ3) is 3.14. The standard InChI is InChI=1S/C9H2Cl6O2/c10-3(9(16)17)1-2-4(11)6(13)8(15)7(14)5(2)12/h1H,(H,16,17)/b3-1-. The Morgan fingerprint density at radius 1 is 0.882 bits per heavy atom. The summed E-state index contributed by atoms with van der Waals surface area (Å²) >= 11 is 34.6. The molecule has 0 saturated carbocycles. The highest BCUT2D eigenvalue weighted by Crippen LogP contribution is 2.44. The first-order valence-corrected chi connectivity index (χ1v) is 6.16. The molecule has 0 unspecified atom stereocenters. The molecule has 0 heterocycles. The van der Waals surface area contributed by atoms with Gasteiger partial charge in [-0.15, -0.1) is 0 Å². The van der Waals surface area contributed by atoms with Crippen LogP contribution in [0.25, 0.3) is 6.08 Å². The van der Waals surface area contributed by atoms with Crippen molar-refractivity contribution in [1.29, 1.82) is 0 Å². The maximum Gasteiger partial charge on any atom is 0.347 e. The maximum absolute atomic E-state index is 10.6. The largest absolute Gasteiger partial charge is 0.477 e. The van der Waals surface area contributed by atoms with Crippen LogP contribution in [0.5, 0.6) is 0 Å². The van der Waals surface area contributed by atoms with Crippen molar-refractivity contribution in [2.75, 3.05) is 0 Å². The zero-order valence-corrected chi connectivity index (χ0v) is 12.2. The SMILES string of the molecule is O=C(O)/C(Cl)=C/c1c(Cl)c(Cl)c(Cl)c(Cl)c1Cl. The lowest BCUT2D eigenvalue weighted by molar-refractivity contribution is -0.131. The number of aliphatic carboxylic acids is 1. The van der Waals surface area contributed by atoms with Crippen molar-refractivity contribution >= 4 is 81.7 Å². The van der Waals surface area contributed by atoms with Gasteiger partial charge in [-0.2, -0.15) is 0 Å². The molecule has 0 aromatic heterocycles. The Kier molecular flexibility index (Phi) is 5.26. The van der Waals surface area contributed by atoms with Crippen molar-refractivity contribution in [1.82, 2.24) is 0 Å². The monoisotopic (exact) mass is 352 g/mol. The van der Waals surface area contributed by atoms with Crippen LogP contribution in [-0.2, 0) is 4.79 Å². The van der Waals surface area contributed by atoms with Gasteiger partial charge in [-0.3, -0.25) is 0 Å². The smallest absolute Gasteiger partial charge is 0.347 e. The molecule has 1 aromatic carbocycles. The first kappa shape index (κ1) is 15.2. The lowest BCUT2D eigenvalue weighted by Gasteiger charge is -2.09. The predicted molar refractivity (Wildman–Crippen MR) is 73.0 cm³/mol. The molecule has 1 N–H and O–H groups in total. The second-order valence-electron chi connectivity index (χ2n) is 2.78. The third-order valence-electron chi connectivity index (χ3n) is 1.72. The highest BCUT2D eigenvalue weighted by Gasteiger charge is 2.19. The molecule has 0 atom stereocenters. The summed E-state index contributed by atoms with van der Waals surface area (Å²) in [6, 6.07) is 0. The fourth-order valence-electron chi connectivity index (χ4n) is 0.937. The molecule has 0 radical (unpaired) electrons. The summed E-state index contributed by atoms with van der Waals surface area (Å²) < 4.78 is 0. The van der Waals surface area contributed by atoms with Gasteiger partial charge in [0.15, 0.2) is 0 Å². The Morgan fingerprint density at radius 2 is 1.24 bits per heavy atom. The van der Waals surface area contributed by atoms with Gasteiger partial charge in [-0.25, -0.2) is 4.79 Å². The van der Waals surface area contributed by atoms with Crippen molar-refractivity contribution in [2.24, 2.45) is 0 Å². The summed E-state index contributed by atoms with van der Waals surface area (Å²) in [5, 5.41) is 8.06. The Morgan fingerprint density at radius 3 is 1.59 bits per heavy atom. The molecule has 0 aliphatic rings. The quantitative estimate of drug-likeness (QED) is 0.425. The van der Waals surface area contributed by atoms with E-state index in [9.17, 15) is 4.79 Å². The molecule has 0 aliphatic carbocycles. The summed E-state index contributed by atoms with van der Waals surface area (Å²) in [5.74, 6) is -1.33. The predicted octanol–water partition coefficient (Wildman–Crippen LogP) is 5.62. The minimum atomic E-state index is -1.33. The number of carbonyl (C=O) groups is 1. The lowest BCUT2D eigenvalue weighted by Crippen LogP contribution is -1.94. The maximum atomic E-state index is 10.6. The third-order valence-corrected chi connectivity index (χ3v) is 4.30. The van der Waals surface area contributed by atoms with Crippen LogP contribution in [0.2, 0.25) is 25.1 Å². The van der Waals surface area contributed by atoms with Gasteiger partial charge in [0.05, 0.1) is 25.1 Å². The molecule has 0 aliphatic heterocycles. The summed E-state index contributed by atoms with van der Waals surface area (Å²) in [7, 11) is 0. The number of carboxylic acid groups (broad SMARTS) is 1. The van der Waals surface area contributed by atoms with Gasteiger partial charge in [0.25, 0.3) is 0 Å². The van der Waals surface area contributed by atoms with E-state index in [4.69, 9.17) is 74.7 Å². The van der Waals surface area contributed by atoms with Gasteiger partial charge < -0.3 is 5.11 Å². The van der Waals surface area contributed by atoms with Crippen LogP contribution in [-0.4, -0.2) is 11.1 Å². The second-order valence-corrected chi connectivity index (χ2v) is 5.08. The molecule has 0 spiro atoms. The minimum Gasteiger partial charge on any atom is -0.477 e. The topological polar surface area (TPSA) is 37.3 Å². The van der Waals surface area contributed by atoms with Gasteiger partial charge in [0.2, 0.25) is 0 Å². The van der Waals surface area contributed by atoms with Gasteiger partial charge in [-0.05, 0) is 6.08 Å². The first-order valence-electron chi connectivity index (χ1n) is 3.89. The van der Waals surface area contributed by atoms with E-state index >= 15 is 0 Å².